The van der Waals surface area contributed by atoms with Gasteiger partial charge in [-0.3, -0.25) is 4.57 Å². The molecule has 266 valence electrons. The zero-order valence-corrected chi connectivity index (χ0v) is 30.8. The van der Waals surface area contributed by atoms with Gasteiger partial charge in [-0.15, -0.1) is 0 Å². The second kappa shape index (κ2) is 12.2. The summed E-state index contributed by atoms with van der Waals surface area (Å²) in [7, 11) is 0. The predicted molar refractivity (Wildman–Crippen MR) is 230 cm³/mol. The third-order valence-corrected chi connectivity index (χ3v) is 11.9. The van der Waals surface area contributed by atoms with Crippen molar-refractivity contribution >= 4 is 21.8 Å². The molecule has 4 heteroatoms. The number of hydrogen-bond donors (Lipinski definition) is 0. The highest BCUT2D eigenvalue weighted by Crippen LogP contribution is 2.64. The minimum absolute atomic E-state index is 0.623. The van der Waals surface area contributed by atoms with E-state index in [2.05, 4.69) is 193 Å². The molecule has 0 amide bonds. The average Bonchev–Trinajstić information content (AvgIpc) is 3.78. The first-order chi connectivity index (χ1) is 28.3. The molecule has 0 saturated heterocycles. The van der Waals surface area contributed by atoms with Crippen molar-refractivity contribution in [1.29, 1.82) is 0 Å². The van der Waals surface area contributed by atoms with E-state index in [0.29, 0.717) is 5.95 Å². The summed E-state index contributed by atoms with van der Waals surface area (Å²) in [4.78, 5) is 10.7. The highest BCUT2D eigenvalue weighted by molar-refractivity contribution is 6.18. The molecule has 2 aromatic heterocycles. The number of nitrogens with zero attached hydrogens (tertiary/aromatic N) is 3. The van der Waals surface area contributed by atoms with Gasteiger partial charge in [-0.05, 0) is 69.8 Å². The maximum Gasteiger partial charge on any atom is 0.235 e. The van der Waals surface area contributed by atoms with Gasteiger partial charge in [0.05, 0.1) is 27.8 Å². The van der Waals surface area contributed by atoms with Crippen LogP contribution >= 0.6 is 0 Å². The molecule has 10 aromatic rings. The molecular weight excluding hydrogens is 695 g/mol. The van der Waals surface area contributed by atoms with E-state index < -0.39 is 5.41 Å². The van der Waals surface area contributed by atoms with Crippen LogP contribution in [-0.4, -0.2) is 14.5 Å². The first-order valence-corrected chi connectivity index (χ1v) is 19.4. The molecule has 1 atom stereocenters. The van der Waals surface area contributed by atoms with E-state index >= 15 is 0 Å². The first kappa shape index (κ1) is 31.8. The molecule has 0 bridgehead atoms. The maximum absolute atomic E-state index is 6.78. The quantitative estimate of drug-likeness (QED) is 0.181. The third kappa shape index (κ3) is 4.56. The topological polar surface area (TPSA) is 39.9 Å². The fourth-order valence-corrected chi connectivity index (χ4v) is 9.52. The molecule has 1 aliphatic carbocycles. The van der Waals surface area contributed by atoms with E-state index in [1.165, 1.54) is 33.2 Å². The molecule has 1 unspecified atom stereocenters. The van der Waals surface area contributed by atoms with Crippen molar-refractivity contribution in [3.8, 4) is 62.2 Å². The van der Waals surface area contributed by atoms with Gasteiger partial charge in [0.1, 0.15) is 11.5 Å². The lowest BCUT2D eigenvalue weighted by atomic mass is 9.65. The second-order valence-corrected chi connectivity index (χ2v) is 14.9. The summed E-state index contributed by atoms with van der Waals surface area (Å²) in [6.45, 7) is 0. The number of hydrogen-bond acceptors (Lipinski definition) is 3. The van der Waals surface area contributed by atoms with Gasteiger partial charge in [0.2, 0.25) is 5.95 Å². The van der Waals surface area contributed by atoms with E-state index in [0.717, 1.165) is 67.1 Å². The second-order valence-electron chi connectivity index (χ2n) is 14.9. The molecule has 3 heterocycles. The summed E-state index contributed by atoms with van der Waals surface area (Å²) in [5.74, 6) is 2.39. The molecule has 2 aliphatic rings. The van der Waals surface area contributed by atoms with Crippen LogP contribution in [0.3, 0.4) is 0 Å². The lowest BCUT2D eigenvalue weighted by Crippen LogP contribution is -2.32. The van der Waals surface area contributed by atoms with Gasteiger partial charge in [-0.2, -0.15) is 0 Å². The Bertz CT molecular complexity index is 3150. The van der Waals surface area contributed by atoms with Crippen LogP contribution in [0, 0.1) is 0 Å². The monoisotopic (exact) mass is 727 g/mol. The molecule has 1 spiro atoms. The molecular formula is C53H33N3O. The fraction of sp³-hybridized carbons (Fsp3) is 0.0189. The third-order valence-electron chi connectivity index (χ3n) is 11.9. The SMILES string of the molecule is c1ccc(-c2ccc3c(c2)C2(c4ccccc4O3)c3ccccc3-c3c2ccc2c3c3ccccc3n2-c2nc(-c3ccccc3)cc(-c3ccccc3)n2)cc1. The molecule has 0 fully saturated rings. The molecule has 4 nitrogen and oxygen atoms in total. The summed E-state index contributed by atoms with van der Waals surface area (Å²) in [6.07, 6.45) is 0. The lowest BCUT2D eigenvalue weighted by molar-refractivity contribution is 0.436. The number of rotatable bonds is 4. The Morgan fingerprint density at radius 1 is 0.404 bits per heavy atom. The Balaban J connectivity index is 1.19. The molecule has 0 radical (unpaired) electrons. The molecule has 8 aromatic carbocycles. The Morgan fingerprint density at radius 2 is 1.00 bits per heavy atom. The van der Waals surface area contributed by atoms with Gasteiger partial charge < -0.3 is 4.74 Å². The highest BCUT2D eigenvalue weighted by Gasteiger charge is 2.52. The Morgan fingerprint density at radius 3 is 1.74 bits per heavy atom. The van der Waals surface area contributed by atoms with Gasteiger partial charge in [0.15, 0.2) is 0 Å². The Kier molecular flexibility index (Phi) is 6.81. The lowest BCUT2D eigenvalue weighted by Gasteiger charge is -2.39. The van der Waals surface area contributed by atoms with Gasteiger partial charge in [-0.1, -0.05) is 164 Å². The van der Waals surface area contributed by atoms with Crippen LogP contribution in [0.2, 0.25) is 0 Å². The van der Waals surface area contributed by atoms with Crippen LogP contribution in [-0.2, 0) is 5.41 Å². The normalized spacial score (nSPS) is 14.9. The number of aromatic nitrogens is 3. The van der Waals surface area contributed by atoms with Crippen molar-refractivity contribution in [3.05, 3.63) is 222 Å². The van der Waals surface area contributed by atoms with E-state index in [1.807, 2.05) is 12.1 Å². The van der Waals surface area contributed by atoms with Gasteiger partial charge >= 0.3 is 0 Å². The maximum atomic E-state index is 6.78. The number of benzene rings is 8. The van der Waals surface area contributed by atoms with Gasteiger partial charge in [0.25, 0.3) is 0 Å². The average molecular weight is 728 g/mol. The summed E-state index contributed by atoms with van der Waals surface area (Å²) >= 11 is 0. The standard InChI is InChI=1S/C53H33N3O/c1-4-16-34(17-5-1)37-28-31-49-43(32-37)53(41-25-13-15-27-48(41)57-49)40-24-12-10-22-38(40)50-42(53)29-30-47-51(50)39-23-11-14-26-46(39)56(47)52-54-44(35-18-6-2-7-19-35)33-45(55-52)36-20-8-3-9-21-36/h1-33H. The minimum atomic E-state index is -0.623. The van der Waals surface area contributed by atoms with E-state index in [4.69, 9.17) is 14.7 Å². The van der Waals surface area contributed by atoms with E-state index in [1.54, 1.807) is 0 Å². The first-order valence-electron chi connectivity index (χ1n) is 19.4. The van der Waals surface area contributed by atoms with Crippen LogP contribution in [0.4, 0.5) is 0 Å². The van der Waals surface area contributed by atoms with Gasteiger partial charge in [0, 0.05) is 33.0 Å². The van der Waals surface area contributed by atoms with Crippen molar-refractivity contribution in [1.82, 2.24) is 14.5 Å². The molecule has 12 rings (SSSR count). The molecule has 1 aliphatic heterocycles. The number of ether oxygens (including phenoxy) is 1. The Hall–Kier alpha value is -7.56. The van der Waals surface area contributed by atoms with Crippen molar-refractivity contribution in [2.24, 2.45) is 0 Å². The number of fused-ring (bicyclic) bond motifs is 13. The van der Waals surface area contributed by atoms with Crippen LogP contribution in [0.15, 0.2) is 200 Å². The summed E-state index contributed by atoms with van der Waals surface area (Å²) in [6, 6.07) is 71.1. The molecule has 0 saturated carbocycles. The van der Waals surface area contributed by atoms with Crippen molar-refractivity contribution in [2.45, 2.75) is 5.41 Å². The summed E-state index contributed by atoms with van der Waals surface area (Å²) < 4.78 is 9.04. The van der Waals surface area contributed by atoms with Crippen LogP contribution < -0.4 is 4.74 Å². The van der Waals surface area contributed by atoms with E-state index in [-0.39, 0.29) is 0 Å². The van der Waals surface area contributed by atoms with Gasteiger partial charge in [-0.25, -0.2) is 9.97 Å². The highest BCUT2D eigenvalue weighted by atomic mass is 16.5. The summed E-state index contributed by atoms with van der Waals surface area (Å²) in [5.41, 5.74) is 14.9. The zero-order chi connectivity index (χ0) is 37.5. The van der Waals surface area contributed by atoms with Crippen molar-refractivity contribution in [3.63, 3.8) is 0 Å². The number of para-hydroxylation sites is 2. The molecule has 0 N–H and O–H groups in total. The van der Waals surface area contributed by atoms with Crippen LogP contribution in [0.5, 0.6) is 11.5 Å². The van der Waals surface area contributed by atoms with Crippen molar-refractivity contribution in [2.75, 3.05) is 0 Å². The molecule has 57 heavy (non-hydrogen) atoms. The van der Waals surface area contributed by atoms with Crippen LogP contribution in [0.25, 0.3) is 72.5 Å². The zero-order valence-electron chi connectivity index (χ0n) is 30.8. The van der Waals surface area contributed by atoms with Crippen molar-refractivity contribution < 1.29 is 4.74 Å². The summed E-state index contributed by atoms with van der Waals surface area (Å²) in [5, 5.41) is 2.34. The van der Waals surface area contributed by atoms with Crippen LogP contribution in [0.1, 0.15) is 22.3 Å². The largest absolute Gasteiger partial charge is 0.457 e. The fourth-order valence-electron chi connectivity index (χ4n) is 9.52. The van der Waals surface area contributed by atoms with E-state index in [9.17, 15) is 0 Å². The smallest absolute Gasteiger partial charge is 0.235 e. The Labute approximate surface area is 330 Å². The predicted octanol–water partition coefficient (Wildman–Crippen LogP) is 13.0. The minimum Gasteiger partial charge on any atom is -0.457 e.